The molecule has 6 heteroatoms. The van der Waals surface area contributed by atoms with Gasteiger partial charge in [-0.25, -0.2) is 0 Å². The second-order valence-corrected chi connectivity index (χ2v) is 12.0. The number of benzene rings is 1. The number of pyridine rings is 1. The van der Waals surface area contributed by atoms with E-state index in [9.17, 15) is 9.90 Å². The Hall–Kier alpha value is -2.96. The molecule has 0 spiro atoms. The number of carbonyl (C=O) groups is 1. The number of piperidine rings is 1. The Bertz CT molecular complexity index is 1220. The smallest absolute Gasteiger partial charge is 0.250 e. The van der Waals surface area contributed by atoms with Gasteiger partial charge in [0.15, 0.2) is 0 Å². The van der Waals surface area contributed by atoms with Crippen LogP contribution in [0.25, 0.3) is 17.3 Å². The second kappa shape index (κ2) is 14.8. The van der Waals surface area contributed by atoms with Gasteiger partial charge in [-0.1, -0.05) is 44.9 Å². The van der Waals surface area contributed by atoms with Crippen LogP contribution < -0.4 is 5.32 Å². The minimum Gasteiger partial charge on any atom is -0.507 e. The Labute approximate surface area is 246 Å². The fourth-order valence-corrected chi connectivity index (χ4v) is 5.91. The molecule has 1 atom stereocenters. The van der Waals surface area contributed by atoms with Crippen molar-refractivity contribution in [2.24, 2.45) is 11.8 Å². The van der Waals surface area contributed by atoms with Crippen LogP contribution in [-0.2, 0) is 16.0 Å². The second-order valence-electron chi connectivity index (χ2n) is 12.0. The van der Waals surface area contributed by atoms with Gasteiger partial charge in [-0.2, -0.15) is 0 Å². The van der Waals surface area contributed by atoms with Crippen LogP contribution in [0.2, 0.25) is 0 Å². The molecule has 5 rings (SSSR count). The van der Waals surface area contributed by atoms with E-state index in [1.54, 1.807) is 12.1 Å². The zero-order valence-electron chi connectivity index (χ0n) is 25.5. The molecule has 6 nitrogen and oxygen atoms in total. The first kappa shape index (κ1) is 31.0. The normalized spacial score (nSPS) is 19.5. The number of phenolic OH excluding ortho intramolecular Hbond substituents is 1. The minimum atomic E-state index is 0.0916. The average molecular weight is 560 g/mol. The number of nitrogens with one attached hydrogen (secondary N) is 1. The van der Waals surface area contributed by atoms with Gasteiger partial charge in [0.25, 0.3) is 0 Å². The number of ether oxygens (including phenoxy) is 1. The average Bonchev–Trinajstić information content (AvgIpc) is 3.81. The lowest BCUT2D eigenvalue weighted by molar-refractivity contribution is -0.131. The van der Waals surface area contributed by atoms with Crippen LogP contribution in [0.15, 0.2) is 42.5 Å². The number of amides is 1. The molecule has 3 heterocycles. The summed E-state index contributed by atoms with van der Waals surface area (Å²) >= 11 is 0. The predicted molar refractivity (Wildman–Crippen MR) is 168 cm³/mol. The predicted octanol–water partition coefficient (Wildman–Crippen LogP) is 6.66. The number of nitrogens with zero attached hydrogens (tertiary/aromatic N) is 2. The number of phenols is 1. The van der Waals surface area contributed by atoms with Gasteiger partial charge in [-0.05, 0) is 98.7 Å². The number of allylic oxidation sites excluding steroid dienone is 1. The first-order valence-electron chi connectivity index (χ1n) is 15.5. The maximum atomic E-state index is 13.6. The third kappa shape index (κ3) is 8.08. The molecule has 1 amide bonds. The molecule has 2 aliphatic heterocycles. The zero-order valence-corrected chi connectivity index (χ0v) is 25.5. The quantitative estimate of drug-likeness (QED) is 0.279. The molecule has 0 radical (unpaired) electrons. The van der Waals surface area contributed by atoms with Crippen molar-refractivity contribution in [3.8, 4) is 17.0 Å². The highest BCUT2D eigenvalue weighted by Crippen LogP contribution is 2.40. The first-order valence-corrected chi connectivity index (χ1v) is 15.5. The molecule has 1 unspecified atom stereocenters. The summed E-state index contributed by atoms with van der Waals surface area (Å²) in [6, 6.07) is 8.06. The van der Waals surface area contributed by atoms with Crippen molar-refractivity contribution in [1.29, 1.82) is 0 Å². The summed E-state index contributed by atoms with van der Waals surface area (Å²) in [6.07, 6.45) is 10.9. The number of aromatic hydroxyl groups is 1. The summed E-state index contributed by atoms with van der Waals surface area (Å²) in [5, 5.41) is 14.6. The molecule has 1 aliphatic carbocycles. The highest BCUT2D eigenvalue weighted by Gasteiger charge is 2.27. The van der Waals surface area contributed by atoms with E-state index in [0.717, 1.165) is 72.8 Å². The highest BCUT2D eigenvalue weighted by atomic mass is 16.5. The van der Waals surface area contributed by atoms with Crippen molar-refractivity contribution in [3.05, 3.63) is 64.9 Å². The van der Waals surface area contributed by atoms with Gasteiger partial charge < -0.3 is 20.1 Å². The van der Waals surface area contributed by atoms with E-state index < -0.39 is 0 Å². The number of hydrogen-bond acceptors (Lipinski definition) is 5. The van der Waals surface area contributed by atoms with E-state index in [0.29, 0.717) is 38.0 Å². The molecular weight excluding hydrogens is 510 g/mol. The third-order valence-corrected chi connectivity index (χ3v) is 8.39. The summed E-state index contributed by atoms with van der Waals surface area (Å²) in [7, 11) is 0. The molecule has 0 bridgehead atoms. The Morgan fingerprint density at radius 3 is 2.61 bits per heavy atom. The first-order chi connectivity index (χ1) is 19.8. The lowest BCUT2D eigenvalue weighted by Crippen LogP contribution is -2.42. The van der Waals surface area contributed by atoms with Crippen LogP contribution in [0.5, 0.6) is 5.75 Å². The van der Waals surface area contributed by atoms with Crippen molar-refractivity contribution >= 4 is 12.0 Å². The van der Waals surface area contributed by atoms with Crippen LogP contribution in [0, 0.1) is 18.8 Å². The summed E-state index contributed by atoms with van der Waals surface area (Å²) in [5.41, 5.74) is 6.89. The Morgan fingerprint density at radius 2 is 1.98 bits per heavy atom. The maximum Gasteiger partial charge on any atom is 0.250 e. The molecule has 2 saturated heterocycles. The van der Waals surface area contributed by atoms with Crippen molar-refractivity contribution < 1.29 is 14.6 Å². The fourth-order valence-electron chi connectivity index (χ4n) is 5.91. The fraction of sp³-hybridized carbons (Fsp3) is 0.543. The molecule has 3 aliphatic rings. The zero-order chi connectivity index (χ0) is 29.4. The van der Waals surface area contributed by atoms with Gasteiger partial charge in [0.2, 0.25) is 5.91 Å². The molecule has 2 aromatic rings. The van der Waals surface area contributed by atoms with Gasteiger partial charge in [0, 0.05) is 36.5 Å². The molecule has 41 heavy (non-hydrogen) atoms. The number of rotatable bonds is 8. The molecule has 1 saturated carbocycles. The van der Waals surface area contributed by atoms with Crippen molar-refractivity contribution in [3.63, 3.8) is 0 Å². The lowest BCUT2D eigenvalue weighted by atomic mass is 9.85. The van der Waals surface area contributed by atoms with Crippen LogP contribution in [0.4, 0.5) is 0 Å². The minimum absolute atomic E-state index is 0.0916. The summed E-state index contributed by atoms with van der Waals surface area (Å²) < 4.78 is 5.48. The van der Waals surface area contributed by atoms with Crippen LogP contribution in [0.1, 0.15) is 81.2 Å². The number of aryl methyl sites for hydroxylation is 2. The van der Waals surface area contributed by atoms with E-state index in [2.05, 4.69) is 50.9 Å². The van der Waals surface area contributed by atoms with Crippen LogP contribution in [-0.4, -0.2) is 60.3 Å². The SMILES string of the molecule is C=CC.Cc1nc(-c2c(O)cccc2CCC2CC2)cc(C2CCCNC2)c1/C=C(/C(=O)N1CCOCC1)C(C)C. The van der Waals surface area contributed by atoms with Gasteiger partial charge >= 0.3 is 0 Å². The van der Waals surface area contributed by atoms with E-state index in [-0.39, 0.29) is 11.8 Å². The van der Waals surface area contributed by atoms with Gasteiger partial charge in [-0.3, -0.25) is 9.78 Å². The largest absolute Gasteiger partial charge is 0.507 e. The monoisotopic (exact) mass is 559 g/mol. The molecule has 2 N–H and O–H groups in total. The van der Waals surface area contributed by atoms with Crippen molar-refractivity contribution in [1.82, 2.24) is 15.2 Å². The lowest BCUT2D eigenvalue weighted by Gasteiger charge is -2.29. The van der Waals surface area contributed by atoms with Gasteiger partial charge in [0.1, 0.15) is 5.75 Å². The Balaban J connectivity index is 0.00000124. The Morgan fingerprint density at radius 1 is 1.24 bits per heavy atom. The molecular formula is C35H49N3O3. The van der Waals surface area contributed by atoms with E-state index in [1.807, 2.05) is 17.9 Å². The third-order valence-electron chi connectivity index (χ3n) is 8.39. The Kier molecular flexibility index (Phi) is 11.2. The summed E-state index contributed by atoms with van der Waals surface area (Å²) in [5.74, 6) is 1.65. The van der Waals surface area contributed by atoms with Crippen molar-refractivity contribution in [2.45, 2.75) is 72.1 Å². The summed E-state index contributed by atoms with van der Waals surface area (Å²) in [6.45, 7) is 15.9. The molecule has 1 aromatic carbocycles. The molecule has 3 fully saturated rings. The van der Waals surface area contributed by atoms with Gasteiger partial charge in [0.05, 0.1) is 18.9 Å². The van der Waals surface area contributed by atoms with E-state index >= 15 is 0 Å². The number of aromatic nitrogens is 1. The standard InChI is InChI=1S/C32H43N3O3.C3H6/c1-21(2)26(32(37)35-14-16-38-17-15-35)18-27-22(3)34-29(19-28(27)25-7-5-13-33-20-25)31-24(6-4-8-30(31)36)12-11-23-9-10-23;1-3-2/h4,6,8,18-19,21,23,25,33,36H,5,7,9-17,20H2,1-3H3;3H,1H2,2H3/b26-18+;. The maximum absolute atomic E-state index is 13.6. The highest BCUT2D eigenvalue weighted by molar-refractivity contribution is 5.98. The van der Waals surface area contributed by atoms with Gasteiger partial charge in [-0.15, -0.1) is 6.58 Å². The molecule has 222 valence electrons. The topological polar surface area (TPSA) is 74.7 Å². The summed E-state index contributed by atoms with van der Waals surface area (Å²) in [4.78, 5) is 20.6. The van der Waals surface area contributed by atoms with E-state index in [1.165, 1.54) is 24.0 Å². The number of carbonyl (C=O) groups excluding carboxylic acids is 1. The van der Waals surface area contributed by atoms with E-state index in [4.69, 9.17) is 9.72 Å². The van der Waals surface area contributed by atoms with Crippen LogP contribution >= 0.6 is 0 Å². The van der Waals surface area contributed by atoms with Crippen LogP contribution in [0.3, 0.4) is 0 Å². The number of morpholine rings is 1. The molecule has 1 aromatic heterocycles. The van der Waals surface area contributed by atoms with Crippen molar-refractivity contribution in [2.75, 3.05) is 39.4 Å². The number of hydrogen-bond donors (Lipinski definition) is 2.